The van der Waals surface area contributed by atoms with E-state index in [0.717, 1.165) is 17.7 Å². The van der Waals surface area contributed by atoms with E-state index in [1.54, 1.807) is 32.4 Å². The van der Waals surface area contributed by atoms with Crippen LogP contribution in [-0.2, 0) is 6.42 Å². The number of nitrogens with zero attached hydrogens (tertiary/aromatic N) is 1. The number of ether oxygens (including phenoxy) is 2. The lowest BCUT2D eigenvalue weighted by molar-refractivity contribution is 0.214. The van der Waals surface area contributed by atoms with Gasteiger partial charge in [-0.05, 0) is 37.1 Å². The van der Waals surface area contributed by atoms with Gasteiger partial charge in [0.15, 0.2) is 17.5 Å². The first-order valence-corrected chi connectivity index (χ1v) is 8.61. The average molecular weight is 359 g/mol. The van der Waals surface area contributed by atoms with Crippen molar-refractivity contribution in [3.05, 3.63) is 59.9 Å². The molecule has 2 rings (SSSR count). The standard InChI is InChI=1S/C20H26FN3O2/c1-15(26-19-11-7-5-9-17(19)21)14-24-20(22-2)23-13-12-16-8-4-6-10-18(16)25-3/h4-11,15H,12-14H2,1-3H3,(H2,22,23,24). The Kier molecular flexibility index (Phi) is 7.74. The maximum absolute atomic E-state index is 13.6. The van der Waals surface area contributed by atoms with Crippen molar-refractivity contribution in [3.63, 3.8) is 0 Å². The van der Waals surface area contributed by atoms with Crippen molar-refractivity contribution in [2.45, 2.75) is 19.4 Å². The van der Waals surface area contributed by atoms with Crippen molar-refractivity contribution in [2.24, 2.45) is 4.99 Å². The molecule has 0 aliphatic rings. The Morgan fingerprint density at radius 3 is 2.46 bits per heavy atom. The fraction of sp³-hybridized carbons (Fsp3) is 0.350. The number of guanidine groups is 1. The highest BCUT2D eigenvalue weighted by molar-refractivity contribution is 5.79. The summed E-state index contributed by atoms with van der Waals surface area (Å²) in [7, 11) is 3.38. The monoisotopic (exact) mass is 359 g/mol. The van der Waals surface area contributed by atoms with E-state index in [-0.39, 0.29) is 17.7 Å². The molecule has 0 fully saturated rings. The van der Waals surface area contributed by atoms with Gasteiger partial charge in [-0.25, -0.2) is 4.39 Å². The molecular formula is C20H26FN3O2. The van der Waals surface area contributed by atoms with E-state index in [2.05, 4.69) is 15.6 Å². The lowest BCUT2D eigenvalue weighted by Gasteiger charge is -2.18. The molecule has 0 aliphatic heterocycles. The summed E-state index contributed by atoms with van der Waals surface area (Å²) < 4.78 is 24.6. The van der Waals surface area contributed by atoms with Crippen LogP contribution in [0.3, 0.4) is 0 Å². The molecule has 6 heteroatoms. The van der Waals surface area contributed by atoms with Crippen molar-refractivity contribution in [3.8, 4) is 11.5 Å². The summed E-state index contributed by atoms with van der Waals surface area (Å²) in [5.74, 6) is 1.44. The quantitative estimate of drug-likeness (QED) is 0.562. The number of hydrogen-bond donors (Lipinski definition) is 2. The lowest BCUT2D eigenvalue weighted by atomic mass is 10.1. The SMILES string of the molecule is CN=C(NCCc1ccccc1OC)NCC(C)Oc1ccccc1F. The van der Waals surface area contributed by atoms with Gasteiger partial charge in [0.05, 0.1) is 13.7 Å². The minimum absolute atomic E-state index is 0.209. The number of hydrogen-bond acceptors (Lipinski definition) is 3. The number of halogens is 1. The van der Waals surface area contributed by atoms with Crippen molar-refractivity contribution in [2.75, 3.05) is 27.2 Å². The molecule has 140 valence electrons. The summed E-state index contributed by atoms with van der Waals surface area (Å²) in [5, 5.41) is 6.44. The van der Waals surface area contributed by atoms with Crippen molar-refractivity contribution >= 4 is 5.96 Å². The van der Waals surface area contributed by atoms with Crippen LogP contribution in [0.2, 0.25) is 0 Å². The molecular weight excluding hydrogens is 333 g/mol. The fourth-order valence-corrected chi connectivity index (χ4v) is 2.48. The van der Waals surface area contributed by atoms with E-state index in [1.165, 1.54) is 6.07 Å². The summed E-state index contributed by atoms with van der Waals surface area (Å²) in [6.07, 6.45) is 0.603. The second-order valence-electron chi connectivity index (χ2n) is 5.80. The first-order chi connectivity index (χ1) is 12.6. The van der Waals surface area contributed by atoms with Gasteiger partial charge in [0.2, 0.25) is 0 Å². The lowest BCUT2D eigenvalue weighted by Crippen LogP contribution is -2.42. The Labute approximate surface area is 154 Å². The number of nitrogens with one attached hydrogen (secondary N) is 2. The van der Waals surface area contributed by atoms with Crippen LogP contribution in [-0.4, -0.2) is 39.3 Å². The Balaban J connectivity index is 1.76. The van der Waals surface area contributed by atoms with Gasteiger partial charge in [-0.15, -0.1) is 0 Å². The van der Waals surface area contributed by atoms with Crippen molar-refractivity contribution in [1.82, 2.24) is 10.6 Å². The predicted octanol–water partition coefficient (Wildman–Crippen LogP) is 3.01. The molecule has 1 atom stereocenters. The molecule has 0 spiro atoms. The van der Waals surface area contributed by atoms with Gasteiger partial charge < -0.3 is 20.1 Å². The number of methoxy groups -OCH3 is 1. The van der Waals surface area contributed by atoms with Gasteiger partial charge >= 0.3 is 0 Å². The average Bonchev–Trinajstić information content (AvgIpc) is 2.66. The molecule has 0 heterocycles. The zero-order valence-corrected chi connectivity index (χ0v) is 15.5. The summed E-state index contributed by atoms with van der Waals surface area (Å²) in [6.45, 7) is 3.09. The highest BCUT2D eigenvalue weighted by atomic mass is 19.1. The molecule has 1 unspecified atom stereocenters. The van der Waals surface area contributed by atoms with Gasteiger partial charge in [0, 0.05) is 13.6 Å². The first-order valence-electron chi connectivity index (χ1n) is 8.61. The molecule has 0 bridgehead atoms. The molecule has 0 saturated carbocycles. The molecule has 0 aromatic heterocycles. The minimum Gasteiger partial charge on any atom is -0.496 e. The van der Waals surface area contributed by atoms with Gasteiger partial charge in [0.1, 0.15) is 11.9 Å². The van der Waals surface area contributed by atoms with Crippen LogP contribution < -0.4 is 20.1 Å². The molecule has 0 amide bonds. The van der Waals surface area contributed by atoms with Crippen molar-refractivity contribution in [1.29, 1.82) is 0 Å². The van der Waals surface area contributed by atoms with Crippen LogP contribution in [0.25, 0.3) is 0 Å². The van der Waals surface area contributed by atoms with E-state index in [0.29, 0.717) is 19.0 Å². The van der Waals surface area contributed by atoms with Crippen LogP contribution in [0.1, 0.15) is 12.5 Å². The Morgan fingerprint density at radius 2 is 1.77 bits per heavy atom. The zero-order valence-electron chi connectivity index (χ0n) is 15.5. The van der Waals surface area contributed by atoms with Crippen LogP contribution in [0, 0.1) is 5.82 Å². The molecule has 0 radical (unpaired) electrons. The normalized spacial score (nSPS) is 12.4. The third-order valence-electron chi connectivity index (χ3n) is 3.82. The van der Waals surface area contributed by atoms with Crippen LogP contribution in [0.15, 0.2) is 53.5 Å². The number of rotatable bonds is 8. The smallest absolute Gasteiger partial charge is 0.191 e. The highest BCUT2D eigenvalue weighted by Crippen LogP contribution is 2.17. The minimum atomic E-state index is -0.362. The second kappa shape index (κ2) is 10.3. The fourth-order valence-electron chi connectivity index (χ4n) is 2.48. The summed E-state index contributed by atoms with van der Waals surface area (Å²) in [6, 6.07) is 14.3. The summed E-state index contributed by atoms with van der Waals surface area (Å²) in [5.41, 5.74) is 1.13. The van der Waals surface area contributed by atoms with Crippen molar-refractivity contribution < 1.29 is 13.9 Å². The number of aliphatic imine (C=N–C) groups is 1. The topological polar surface area (TPSA) is 54.9 Å². The van der Waals surface area contributed by atoms with Gasteiger partial charge in [-0.3, -0.25) is 4.99 Å². The Morgan fingerprint density at radius 1 is 1.08 bits per heavy atom. The van der Waals surface area contributed by atoms with E-state index < -0.39 is 0 Å². The molecule has 2 aromatic rings. The largest absolute Gasteiger partial charge is 0.496 e. The molecule has 0 aliphatic carbocycles. The van der Waals surface area contributed by atoms with Gasteiger partial charge in [-0.1, -0.05) is 30.3 Å². The van der Waals surface area contributed by atoms with E-state index in [4.69, 9.17) is 9.47 Å². The maximum atomic E-state index is 13.6. The van der Waals surface area contributed by atoms with Gasteiger partial charge in [0.25, 0.3) is 0 Å². The van der Waals surface area contributed by atoms with E-state index >= 15 is 0 Å². The third kappa shape index (κ3) is 5.95. The highest BCUT2D eigenvalue weighted by Gasteiger charge is 2.09. The second-order valence-corrected chi connectivity index (χ2v) is 5.80. The molecule has 2 N–H and O–H groups in total. The molecule has 26 heavy (non-hydrogen) atoms. The molecule has 0 saturated heterocycles. The number of para-hydroxylation sites is 2. The summed E-state index contributed by atoms with van der Waals surface area (Å²) >= 11 is 0. The predicted molar refractivity (Wildman–Crippen MR) is 103 cm³/mol. The van der Waals surface area contributed by atoms with Crippen LogP contribution in [0.4, 0.5) is 4.39 Å². The summed E-state index contributed by atoms with van der Waals surface area (Å²) in [4.78, 5) is 4.19. The van der Waals surface area contributed by atoms with Crippen LogP contribution >= 0.6 is 0 Å². The third-order valence-corrected chi connectivity index (χ3v) is 3.82. The number of benzene rings is 2. The Bertz CT molecular complexity index is 722. The Hall–Kier alpha value is -2.76. The van der Waals surface area contributed by atoms with Crippen LogP contribution in [0.5, 0.6) is 11.5 Å². The van der Waals surface area contributed by atoms with Gasteiger partial charge in [-0.2, -0.15) is 0 Å². The van der Waals surface area contributed by atoms with E-state index in [1.807, 2.05) is 31.2 Å². The molecule has 2 aromatic carbocycles. The molecule has 5 nitrogen and oxygen atoms in total. The maximum Gasteiger partial charge on any atom is 0.191 e. The first kappa shape index (κ1) is 19.6. The zero-order chi connectivity index (χ0) is 18.8. The van der Waals surface area contributed by atoms with E-state index in [9.17, 15) is 4.39 Å².